The predicted octanol–water partition coefficient (Wildman–Crippen LogP) is 7.23. The third-order valence-corrected chi connectivity index (χ3v) is 10.2. The Morgan fingerprint density at radius 3 is 2.39 bits per heavy atom. The molecule has 0 unspecified atom stereocenters. The molecule has 10 nitrogen and oxygen atoms in total. The van der Waals surface area contributed by atoms with Gasteiger partial charge in [0.2, 0.25) is 5.91 Å². The van der Waals surface area contributed by atoms with Gasteiger partial charge in [0.05, 0.1) is 37.6 Å². The van der Waals surface area contributed by atoms with Gasteiger partial charge >= 0.3 is 5.97 Å². The van der Waals surface area contributed by atoms with E-state index in [1.807, 2.05) is 56.4 Å². The molecule has 1 aromatic heterocycles. The second-order valence-corrected chi connectivity index (χ2v) is 13.7. The first-order valence-electron chi connectivity index (χ1n) is 17.4. The van der Waals surface area contributed by atoms with Crippen LogP contribution < -0.4 is 19.3 Å². The smallest absolute Gasteiger partial charge is 0.335 e. The first-order valence-corrected chi connectivity index (χ1v) is 17.4. The molecule has 0 spiro atoms. The fourth-order valence-corrected chi connectivity index (χ4v) is 7.68. The highest BCUT2D eigenvalue weighted by Crippen LogP contribution is 2.48. The Bertz CT molecular complexity index is 1870. The first-order chi connectivity index (χ1) is 23.8. The SMILES string of the molecule is CN(C)CC(=O)N(C)c1ccc(N2CCOCC2)c(COc2ccc3c(c2)OCCn2c-3c(C3CCCCC3)c3ccc(C(=O)O)cc32)c1.Cl.Cl. The van der Waals surface area contributed by atoms with E-state index >= 15 is 0 Å². The van der Waals surface area contributed by atoms with Crippen LogP contribution in [0.4, 0.5) is 11.4 Å². The zero-order valence-corrected chi connectivity index (χ0v) is 31.2. The fourth-order valence-electron chi connectivity index (χ4n) is 7.68. The lowest BCUT2D eigenvalue weighted by Gasteiger charge is -2.31. The van der Waals surface area contributed by atoms with Crippen LogP contribution in [0.3, 0.4) is 0 Å². The maximum atomic E-state index is 12.9. The third-order valence-electron chi connectivity index (χ3n) is 10.2. The number of carbonyl (C=O) groups excluding carboxylic acids is 1. The number of rotatable bonds is 9. The van der Waals surface area contributed by atoms with Crippen molar-refractivity contribution in [1.82, 2.24) is 9.47 Å². The number of aromatic nitrogens is 1. The van der Waals surface area contributed by atoms with Crippen LogP contribution in [0.15, 0.2) is 54.6 Å². The summed E-state index contributed by atoms with van der Waals surface area (Å²) in [6, 6.07) is 17.8. The van der Waals surface area contributed by atoms with Crippen LogP contribution in [0.1, 0.15) is 59.5 Å². The van der Waals surface area contributed by atoms with Gasteiger partial charge in [-0.1, -0.05) is 25.3 Å². The average Bonchev–Trinajstić information content (AvgIpc) is 3.31. The summed E-state index contributed by atoms with van der Waals surface area (Å²) in [6.45, 7) is 4.66. The molecule has 0 radical (unpaired) electrons. The molecule has 2 aliphatic heterocycles. The number of likely N-dealkylation sites (N-methyl/N-ethyl adjacent to an activating group) is 2. The summed E-state index contributed by atoms with van der Waals surface area (Å²) in [7, 11) is 5.60. The highest BCUT2D eigenvalue weighted by molar-refractivity contribution is 5.99. The molecule has 3 heterocycles. The van der Waals surface area contributed by atoms with Crippen molar-refractivity contribution in [2.45, 2.75) is 51.2 Å². The van der Waals surface area contributed by atoms with E-state index in [1.165, 1.54) is 24.8 Å². The molecule has 1 aliphatic carbocycles. The number of hydrogen-bond donors (Lipinski definition) is 1. The Labute approximate surface area is 312 Å². The van der Waals surface area contributed by atoms with Crippen LogP contribution in [0.2, 0.25) is 0 Å². The van der Waals surface area contributed by atoms with E-state index in [2.05, 4.69) is 27.7 Å². The summed E-state index contributed by atoms with van der Waals surface area (Å²) < 4.78 is 20.8. The highest BCUT2D eigenvalue weighted by Gasteiger charge is 2.30. The Balaban J connectivity index is 0.00000252. The number of halogens is 2. The van der Waals surface area contributed by atoms with Crippen molar-refractivity contribution in [3.05, 3.63) is 71.3 Å². The van der Waals surface area contributed by atoms with Crippen molar-refractivity contribution in [2.75, 3.05) is 70.4 Å². The van der Waals surface area contributed by atoms with Crippen molar-refractivity contribution in [1.29, 1.82) is 0 Å². The summed E-state index contributed by atoms with van der Waals surface area (Å²) in [6.07, 6.45) is 5.92. The Morgan fingerprint density at radius 2 is 1.67 bits per heavy atom. The largest absolute Gasteiger partial charge is 0.491 e. The summed E-state index contributed by atoms with van der Waals surface area (Å²) >= 11 is 0. The Morgan fingerprint density at radius 1 is 0.902 bits per heavy atom. The van der Waals surface area contributed by atoms with Gasteiger partial charge in [0.25, 0.3) is 0 Å². The molecule has 3 aliphatic rings. The summed E-state index contributed by atoms with van der Waals surface area (Å²) in [5.41, 5.74) is 7.60. The molecule has 1 N–H and O–H groups in total. The molecule has 2 fully saturated rings. The van der Waals surface area contributed by atoms with Gasteiger partial charge in [-0.3, -0.25) is 4.79 Å². The lowest BCUT2D eigenvalue weighted by molar-refractivity contribution is -0.118. The predicted molar refractivity (Wildman–Crippen MR) is 206 cm³/mol. The minimum absolute atomic E-state index is 0. The van der Waals surface area contributed by atoms with Gasteiger partial charge in [-0.2, -0.15) is 0 Å². The van der Waals surface area contributed by atoms with E-state index < -0.39 is 5.97 Å². The molecular formula is C39H48Cl2N4O6. The minimum atomic E-state index is -0.919. The Hall–Kier alpha value is -3.96. The molecule has 0 bridgehead atoms. The molecule has 1 saturated heterocycles. The zero-order chi connectivity index (χ0) is 34.1. The number of carboxylic acids is 1. The lowest BCUT2D eigenvalue weighted by atomic mass is 9.81. The number of benzene rings is 3. The molecule has 0 atom stereocenters. The maximum absolute atomic E-state index is 12.9. The standard InChI is InChI=1S/C39H46N4O6.2ClH/c1-40(2)24-36(44)41(3)29-10-14-33(42-15-18-47-19-16-42)28(21-29)25-49-30-11-13-32-35(23-30)48-20-17-43-34-22-27(39(45)46)9-12-31(34)37(38(32)43)26-7-5-4-6-8-26;;/h9-14,21-23,26H,4-8,15-20,24-25H2,1-3H3,(H,45,46);2*1H. The van der Waals surface area contributed by atoms with E-state index in [4.69, 9.17) is 14.2 Å². The highest BCUT2D eigenvalue weighted by atomic mass is 35.5. The van der Waals surface area contributed by atoms with Crippen LogP contribution >= 0.6 is 24.8 Å². The van der Waals surface area contributed by atoms with Crippen molar-refractivity contribution < 1.29 is 28.9 Å². The average molecular weight is 740 g/mol. The third kappa shape index (κ3) is 7.94. The van der Waals surface area contributed by atoms with Crippen LogP contribution in [0.25, 0.3) is 22.2 Å². The van der Waals surface area contributed by atoms with E-state index in [-0.39, 0.29) is 30.7 Å². The topological polar surface area (TPSA) is 96.7 Å². The zero-order valence-electron chi connectivity index (χ0n) is 29.6. The number of amides is 1. The second-order valence-electron chi connectivity index (χ2n) is 13.7. The normalized spacial score (nSPS) is 15.9. The van der Waals surface area contributed by atoms with Crippen molar-refractivity contribution in [3.63, 3.8) is 0 Å². The van der Waals surface area contributed by atoms with Crippen molar-refractivity contribution >= 4 is 59.0 Å². The van der Waals surface area contributed by atoms with Gasteiger partial charge in [-0.05, 0) is 80.9 Å². The number of morpholine rings is 1. The molecule has 4 aromatic rings. The van der Waals surface area contributed by atoms with E-state index in [9.17, 15) is 14.7 Å². The van der Waals surface area contributed by atoms with E-state index in [0.29, 0.717) is 56.7 Å². The van der Waals surface area contributed by atoms with Crippen LogP contribution in [0, 0.1) is 0 Å². The molecule has 51 heavy (non-hydrogen) atoms. The Kier molecular flexibility index (Phi) is 12.4. The van der Waals surface area contributed by atoms with Crippen molar-refractivity contribution in [3.8, 4) is 22.8 Å². The van der Waals surface area contributed by atoms with E-state index in [0.717, 1.165) is 70.8 Å². The van der Waals surface area contributed by atoms with Crippen LogP contribution in [-0.2, 0) is 22.7 Å². The number of hydrogen-bond acceptors (Lipinski definition) is 7. The monoisotopic (exact) mass is 738 g/mol. The number of fused-ring (bicyclic) bond motifs is 5. The van der Waals surface area contributed by atoms with Gasteiger partial charge in [0, 0.05) is 59.6 Å². The van der Waals surface area contributed by atoms with Gasteiger partial charge < -0.3 is 38.6 Å². The molecule has 3 aromatic carbocycles. The summed E-state index contributed by atoms with van der Waals surface area (Å²) in [5, 5.41) is 10.9. The maximum Gasteiger partial charge on any atom is 0.335 e. The number of carboxylic acid groups (broad SMARTS) is 1. The second kappa shape index (κ2) is 16.6. The molecule has 1 saturated carbocycles. The number of nitrogens with zero attached hydrogens (tertiary/aromatic N) is 4. The van der Waals surface area contributed by atoms with Gasteiger partial charge in [0.15, 0.2) is 0 Å². The summed E-state index contributed by atoms with van der Waals surface area (Å²) in [4.78, 5) is 30.7. The molecule has 7 rings (SSSR count). The van der Waals surface area contributed by atoms with E-state index in [1.54, 1.807) is 11.0 Å². The van der Waals surface area contributed by atoms with Gasteiger partial charge in [0.1, 0.15) is 24.7 Å². The number of aromatic carboxylic acids is 1. The molecule has 1 amide bonds. The molecule has 274 valence electrons. The lowest BCUT2D eigenvalue weighted by Crippen LogP contribution is -2.37. The minimum Gasteiger partial charge on any atom is -0.491 e. The van der Waals surface area contributed by atoms with Crippen LogP contribution in [0.5, 0.6) is 11.5 Å². The quantitative estimate of drug-likeness (QED) is 0.192. The van der Waals surface area contributed by atoms with Crippen LogP contribution in [-0.4, -0.2) is 87.0 Å². The number of anilines is 2. The van der Waals surface area contributed by atoms with Gasteiger partial charge in [-0.15, -0.1) is 24.8 Å². The van der Waals surface area contributed by atoms with Gasteiger partial charge in [-0.25, -0.2) is 4.79 Å². The number of carbonyl (C=O) groups is 2. The molecule has 12 heteroatoms. The number of ether oxygens (including phenoxy) is 3. The molecular weight excluding hydrogens is 691 g/mol. The fraction of sp³-hybridized carbons (Fsp3) is 0.436. The summed E-state index contributed by atoms with van der Waals surface area (Å²) in [5.74, 6) is 0.983. The first kappa shape index (κ1) is 38.3. The van der Waals surface area contributed by atoms with Crippen molar-refractivity contribution in [2.24, 2.45) is 0 Å².